The maximum absolute atomic E-state index is 5.86. The number of rotatable bonds is 10. The van der Waals surface area contributed by atoms with Crippen LogP contribution in [0.5, 0.6) is 0 Å². The summed E-state index contributed by atoms with van der Waals surface area (Å²) >= 11 is 5.84. The van der Waals surface area contributed by atoms with Crippen LogP contribution in [0.25, 0.3) is 0 Å². The molecule has 0 rings (SSSR count). The molecule has 1 atom stereocenters. The van der Waals surface area contributed by atoms with Gasteiger partial charge in [0.05, 0.1) is 12.7 Å². The number of hydrogen-bond donors (Lipinski definition) is 0. The highest BCUT2D eigenvalue weighted by molar-refractivity contribution is 6.25. The molecule has 120 valence electrons. The number of halogens is 1. The second-order valence-electron chi connectivity index (χ2n) is 6.88. The van der Waals surface area contributed by atoms with Gasteiger partial charge in [0.15, 0.2) is 0 Å². The van der Waals surface area contributed by atoms with E-state index in [0.717, 1.165) is 31.4 Å². The first-order valence-corrected chi connectivity index (χ1v) is 8.02. The van der Waals surface area contributed by atoms with Crippen molar-refractivity contribution in [2.75, 3.05) is 20.8 Å². The predicted molar refractivity (Wildman–Crippen MR) is 88.2 cm³/mol. The Bertz CT molecular complexity index is 275. The van der Waals surface area contributed by atoms with Crippen LogP contribution in [-0.2, 0) is 9.47 Å². The van der Waals surface area contributed by atoms with Gasteiger partial charge in [0, 0.05) is 25.2 Å². The van der Waals surface area contributed by atoms with Gasteiger partial charge in [-0.05, 0) is 38.0 Å². The third-order valence-electron chi connectivity index (χ3n) is 3.72. The van der Waals surface area contributed by atoms with Crippen LogP contribution in [0.3, 0.4) is 0 Å². The Labute approximate surface area is 130 Å². The van der Waals surface area contributed by atoms with Crippen molar-refractivity contribution in [2.24, 2.45) is 17.3 Å². The first kappa shape index (κ1) is 19.9. The highest BCUT2D eigenvalue weighted by atomic mass is 35.5. The normalized spacial score (nSPS) is 15.2. The van der Waals surface area contributed by atoms with Gasteiger partial charge in [0.2, 0.25) is 0 Å². The SMILES string of the molecule is COCC(CC(C)C)(CC(C)C)C(C/C(C)=C/Cl)OC. The average Bonchev–Trinajstić information content (AvgIpc) is 2.33. The Morgan fingerprint density at radius 2 is 1.60 bits per heavy atom. The van der Waals surface area contributed by atoms with Gasteiger partial charge in [0.25, 0.3) is 0 Å². The van der Waals surface area contributed by atoms with Crippen molar-refractivity contribution >= 4 is 11.6 Å². The van der Waals surface area contributed by atoms with E-state index in [-0.39, 0.29) is 11.5 Å². The van der Waals surface area contributed by atoms with Crippen molar-refractivity contribution in [3.63, 3.8) is 0 Å². The summed E-state index contributed by atoms with van der Waals surface area (Å²) in [5, 5.41) is 0. The van der Waals surface area contributed by atoms with E-state index in [9.17, 15) is 0 Å². The molecule has 20 heavy (non-hydrogen) atoms. The maximum Gasteiger partial charge on any atom is 0.0687 e. The summed E-state index contributed by atoms with van der Waals surface area (Å²) in [5.74, 6) is 1.23. The Morgan fingerprint density at radius 3 is 1.90 bits per heavy atom. The van der Waals surface area contributed by atoms with Crippen LogP contribution in [0.1, 0.15) is 53.9 Å². The summed E-state index contributed by atoms with van der Waals surface area (Å²) < 4.78 is 11.4. The van der Waals surface area contributed by atoms with Gasteiger partial charge < -0.3 is 9.47 Å². The van der Waals surface area contributed by atoms with Crippen molar-refractivity contribution < 1.29 is 9.47 Å². The minimum atomic E-state index is 0.0486. The second-order valence-corrected chi connectivity index (χ2v) is 7.09. The summed E-state index contributed by atoms with van der Waals surface area (Å²) in [6, 6.07) is 0. The summed E-state index contributed by atoms with van der Waals surface area (Å²) in [5.41, 5.74) is 2.87. The Morgan fingerprint density at radius 1 is 1.10 bits per heavy atom. The summed E-state index contributed by atoms with van der Waals surface area (Å²) in [7, 11) is 3.59. The monoisotopic (exact) mass is 304 g/mol. The van der Waals surface area contributed by atoms with Crippen LogP contribution < -0.4 is 0 Å². The molecule has 0 radical (unpaired) electrons. The lowest BCUT2D eigenvalue weighted by molar-refractivity contribution is -0.0764. The number of ether oxygens (including phenoxy) is 2. The van der Waals surface area contributed by atoms with Gasteiger partial charge in [-0.2, -0.15) is 0 Å². The number of methoxy groups -OCH3 is 2. The van der Waals surface area contributed by atoms with E-state index in [1.165, 1.54) is 0 Å². The van der Waals surface area contributed by atoms with Crippen LogP contribution in [0.4, 0.5) is 0 Å². The molecular formula is C17H33ClO2. The minimum Gasteiger partial charge on any atom is -0.384 e. The van der Waals surface area contributed by atoms with Crippen molar-refractivity contribution in [2.45, 2.75) is 60.0 Å². The van der Waals surface area contributed by atoms with Gasteiger partial charge in [-0.15, -0.1) is 0 Å². The van der Waals surface area contributed by atoms with Gasteiger partial charge in [-0.3, -0.25) is 0 Å². The molecule has 0 bridgehead atoms. The third kappa shape index (κ3) is 6.60. The van der Waals surface area contributed by atoms with Crippen LogP contribution in [-0.4, -0.2) is 26.9 Å². The number of hydrogen-bond acceptors (Lipinski definition) is 2. The van der Waals surface area contributed by atoms with Crippen molar-refractivity contribution in [1.29, 1.82) is 0 Å². The predicted octanol–water partition coefficient (Wildman–Crippen LogP) is 5.26. The van der Waals surface area contributed by atoms with Gasteiger partial charge in [0.1, 0.15) is 0 Å². The topological polar surface area (TPSA) is 18.5 Å². The molecular weight excluding hydrogens is 272 g/mol. The van der Waals surface area contributed by atoms with Gasteiger partial charge in [-0.25, -0.2) is 0 Å². The van der Waals surface area contributed by atoms with Crippen LogP contribution >= 0.6 is 11.6 Å². The molecule has 0 heterocycles. The Hall–Kier alpha value is -0.0500. The second kappa shape index (κ2) is 9.81. The van der Waals surface area contributed by atoms with E-state index >= 15 is 0 Å². The van der Waals surface area contributed by atoms with E-state index in [1.807, 2.05) is 0 Å². The van der Waals surface area contributed by atoms with Crippen LogP contribution in [0.15, 0.2) is 11.1 Å². The lowest BCUT2D eigenvalue weighted by atomic mass is 9.69. The molecule has 1 unspecified atom stereocenters. The zero-order valence-electron chi connectivity index (χ0n) is 14.3. The zero-order valence-corrected chi connectivity index (χ0v) is 15.1. The molecule has 0 aliphatic heterocycles. The quantitative estimate of drug-likeness (QED) is 0.548. The fraction of sp³-hybridized carbons (Fsp3) is 0.882. The zero-order chi connectivity index (χ0) is 15.8. The molecule has 0 spiro atoms. The highest BCUT2D eigenvalue weighted by Crippen LogP contribution is 2.41. The van der Waals surface area contributed by atoms with Crippen molar-refractivity contribution in [1.82, 2.24) is 0 Å². The van der Waals surface area contributed by atoms with E-state index < -0.39 is 0 Å². The molecule has 0 aromatic carbocycles. The van der Waals surface area contributed by atoms with E-state index in [2.05, 4.69) is 34.6 Å². The Kier molecular flexibility index (Phi) is 9.78. The molecule has 0 aromatic rings. The first-order valence-electron chi connectivity index (χ1n) is 7.58. The lowest BCUT2D eigenvalue weighted by Crippen LogP contribution is -2.43. The van der Waals surface area contributed by atoms with E-state index in [1.54, 1.807) is 19.8 Å². The smallest absolute Gasteiger partial charge is 0.0687 e. The fourth-order valence-electron chi connectivity index (χ4n) is 3.36. The minimum absolute atomic E-state index is 0.0486. The standard InChI is InChI=1S/C17H33ClO2/c1-13(2)9-17(12-19-6,10-14(3)4)16(20-7)8-15(5)11-18/h11,13-14,16H,8-10,12H2,1-7H3/b15-11+. The van der Waals surface area contributed by atoms with Crippen LogP contribution in [0.2, 0.25) is 0 Å². The molecule has 2 nitrogen and oxygen atoms in total. The summed E-state index contributed by atoms with van der Waals surface area (Å²) in [6.45, 7) is 11.9. The molecule has 0 aliphatic carbocycles. The Balaban J connectivity index is 5.37. The van der Waals surface area contributed by atoms with E-state index in [4.69, 9.17) is 21.1 Å². The molecule has 0 aliphatic rings. The summed E-state index contributed by atoms with van der Waals surface area (Å²) in [6.07, 6.45) is 3.21. The van der Waals surface area contributed by atoms with Gasteiger partial charge in [-0.1, -0.05) is 44.9 Å². The maximum atomic E-state index is 5.86. The molecule has 0 aromatic heterocycles. The van der Waals surface area contributed by atoms with Crippen LogP contribution in [0, 0.1) is 17.3 Å². The van der Waals surface area contributed by atoms with E-state index in [0.29, 0.717) is 11.8 Å². The third-order valence-corrected chi connectivity index (χ3v) is 4.10. The highest BCUT2D eigenvalue weighted by Gasteiger charge is 2.40. The molecule has 3 heteroatoms. The lowest BCUT2D eigenvalue weighted by Gasteiger charge is -2.42. The van der Waals surface area contributed by atoms with Gasteiger partial charge >= 0.3 is 0 Å². The molecule has 0 amide bonds. The van der Waals surface area contributed by atoms with Crippen molar-refractivity contribution in [3.05, 3.63) is 11.1 Å². The van der Waals surface area contributed by atoms with Crippen molar-refractivity contribution in [3.8, 4) is 0 Å². The fourth-order valence-corrected chi connectivity index (χ4v) is 3.45. The first-order chi connectivity index (χ1) is 9.31. The average molecular weight is 305 g/mol. The molecule has 0 saturated heterocycles. The largest absolute Gasteiger partial charge is 0.384 e. The molecule has 0 N–H and O–H groups in total. The molecule has 0 saturated carbocycles. The summed E-state index contributed by atoms with van der Waals surface area (Å²) in [4.78, 5) is 0. The molecule has 0 fully saturated rings.